The topological polar surface area (TPSA) is 17.8 Å². The molecule has 0 bridgehead atoms. The van der Waals surface area contributed by atoms with Crippen molar-refractivity contribution in [3.8, 4) is 22.3 Å². The number of aromatic nitrogens is 2. The second-order valence-electron chi connectivity index (χ2n) is 10.9. The molecule has 43 heavy (non-hydrogen) atoms. The van der Waals surface area contributed by atoms with Gasteiger partial charge in [-0.05, 0) is 44.5 Å². The Hall–Kier alpha value is -5.47. The summed E-state index contributed by atoms with van der Waals surface area (Å²) in [7, 11) is 0. The monoisotopic (exact) mass is 552 g/mol. The molecule has 206 valence electrons. The minimum atomic E-state index is -0.0293. The van der Waals surface area contributed by atoms with Gasteiger partial charge in [-0.1, -0.05) is 170 Å². The Morgan fingerprint density at radius 2 is 0.744 bits per heavy atom. The third kappa shape index (κ3) is 5.56. The van der Waals surface area contributed by atoms with E-state index in [1.807, 2.05) is 12.5 Å². The Balaban J connectivity index is 1.34. The van der Waals surface area contributed by atoms with E-state index in [9.17, 15) is 0 Å². The van der Waals surface area contributed by atoms with Crippen LogP contribution in [0.4, 0.5) is 0 Å². The van der Waals surface area contributed by atoms with E-state index >= 15 is 0 Å². The molecule has 1 aromatic heterocycles. The fraction of sp³-hybridized carbons (Fsp3) is 0.0488. The zero-order valence-corrected chi connectivity index (χ0v) is 23.9. The van der Waals surface area contributed by atoms with Crippen LogP contribution in [0.25, 0.3) is 22.3 Å². The smallest absolute Gasteiger partial charge is 0.0957 e. The van der Waals surface area contributed by atoms with Crippen molar-refractivity contribution in [1.82, 2.24) is 9.55 Å². The second kappa shape index (κ2) is 12.2. The molecule has 6 aromatic carbocycles. The van der Waals surface area contributed by atoms with Crippen LogP contribution in [0.5, 0.6) is 0 Å². The van der Waals surface area contributed by atoms with Gasteiger partial charge < -0.3 is 4.57 Å². The maximum Gasteiger partial charge on any atom is 0.0957 e. The summed E-state index contributed by atoms with van der Waals surface area (Å²) < 4.78 is 2.36. The van der Waals surface area contributed by atoms with Gasteiger partial charge in [0.1, 0.15) is 0 Å². The molecule has 2 heteroatoms. The van der Waals surface area contributed by atoms with Gasteiger partial charge >= 0.3 is 0 Å². The van der Waals surface area contributed by atoms with Crippen LogP contribution >= 0.6 is 0 Å². The fourth-order valence-electron chi connectivity index (χ4n) is 6.07. The van der Waals surface area contributed by atoms with Crippen LogP contribution in [0.3, 0.4) is 0 Å². The zero-order chi connectivity index (χ0) is 28.8. The van der Waals surface area contributed by atoms with Crippen molar-refractivity contribution in [3.05, 3.63) is 210 Å². The van der Waals surface area contributed by atoms with Gasteiger partial charge in [0.25, 0.3) is 0 Å². The first-order valence-electron chi connectivity index (χ1n) is 14.8. The van der Waals surface area contributed by atoms with E-state index in [1.165, 1.54) is 44.5 Å². The Morgan fingerprint density at radius 1 is 0.372 bits per heavy atom. The lowest BCUT2D eigenvalue weighted by Crippen LogP contribution is -2.17. The summed E-state index contributed by atoms with van der Waals surface area (Å²) in [6, 6.07) is 60.6. The van der Waals surface area contributed by atoms with Gasteiger partial charge in [0.2, 0.25) is 0 Å². The summed E-state index contributed by atoms with van der Waals surface area (Å²) in [5, 5.41) is 0. The second-order valence-corrected chi connectivity index (χ2v) is 10.9. The van der Waals surface area contributed by atoms with E-state index in [4.69, 9.17) is 4.98 Å². The summed E-state index contributed by atoms with van der Waals surface area (Å²) in [6.07, 6.45) is 4.03. The molecule has 0 saturated heterocycles. The van der Waals surface area contributed by atoms with E-state index in [0.29, 0.717) is 0 Å². The molecule has 2 nitrogen and oxygen atoms in total. The fourth-order valence-corrected chi connectivity index (χ4v) is 6.07. The van der Waals surface area contributed by atoms with Crippen molar-refractivity contribution >= 4 is 0 Å². The molecule has 0 amide bonds. The minimum Gasteiger partial charge on any atom is -0.322 e. The minimum absolute atomic E-state index is 0.0170. The maximum atomic E-state index is 4.76. The summed E-state index contributed by atoms with van der Waals surface area (Å²) in [5.41, 5.74) is 10.9. The molecule has 0 aliphatic heterocycles. The van der Waals surface area contributed by atoms with Crippen molar-refractivity contribution in [2.75, 3.05) is 0 Å². The van der Waals surface area contributed by atoms with Crippen molar-refractivity contribution in [3.63, 3.8) is 0 Å². The molecule has 1 heterocycles. The third-order valence-electron chi connectivity index (χ3n) is 8.20. The van der Waals surface area contributed by atoms with E-state index < -0.39 is 0 Å². The lowest BCUT2D eigenvalue weighted by atomic mass is 9.87. The van der Waals surface area contributed by atoms with Crippen molar-refractivity contribution < 1.29 is 0 Å². The van der Waals surface area contributed by atoms with Crippen molar-refractivity contribution in [2.45, 2.75) is 12.0 Å². The molecule has 0 aliphatic rings. The lowest BCUT2D eigenvalue weighted by Gasteiger charge is -2.27. The van der Waals surface area contributed by atoms with Crippen LogP contribution < -0.4 is 0 Å². The first-order valence-corrected chi connectivity index (χ1v) is 14.8. The SMILES string of the molecule is c1ccc(-c2ccc(C(c3ccccc3)c3cncn3C(c3ccccc3)c3ccc(-c4ccccc4)cc3)cc2)cc1. The molecule has 0 spiro atoms. The summed E-state index contributed by atoms with van der Waals surface area (Å²) in [6.45, 7) is 0. The van der Waals surface area contributed by atoms with Gasteiger partial charge in [-0.2, -0.15) is 0 Å². The largest absolute Gasteiger partial charge is 0.322 e. The highest BCUT2D eigenvalue weighted by molar-refractivity contribution is 5.65. The molecule has 0 fully saturated rings. The number of hydrogen-bond donors (Lipinski definition) is 0. The maximum absolute atomic E-state index is 4.76. The Labute approximate surface area is 253 Å². The molecule has 0 N–H and O–H groups in total. The number of imidazole rings is 1. The summed E-state index contributed by atoms with van der Waals surface area (Å²) in [5.74, 6) is 0.0170. The molecule has 0 aliphatic carbocycles. The number of hydrogen-bond acceptors (Lipinski definition) is 1. The Morgan fingerprint density at radius 3 is 1.26 bits per heavy atom. The normalized spacial score (nSPS) is 12.5. The highest BCUT2D eigenvalue weighted by Gasteiger charge is 2.26. The molecule has 7 aromatic rings. The van der Waals surface area contributed by atoms with E-state index in [-0.39, 0.29) is 12.0 Å². The zero-order valence-electron chi connectivity index (χ0n) is 23.9. The number of benzene rings is 6. The highest BCUT2D eigenvalue weighted by Crippen LogP contribution is 2.37. The van der Waals surface area contributed by atoms with Crippen LogP contribution in [0.1, 0.15) is 39.9 Å². The predicted molar refractivity (Wildman–Crippen MR) is 177 cm³/mol. The summed E-state index contributed by atoms with van der Waals surface area (Å²) >= 11 is 0. The van der Waals surface area contributed by atoms with Crippen LogP contribution in [0.15, 0.2) is 182 Å². The van der Waals surface area contributed by atoms with Gasteiger partial charge in [-0.25, -0.2) is 4.98 Å². The standard InChI is InChI=1S/C41H32N2/c1-5-13-31(14-6-1)33-21-25-36(26-22-33)40(35-17-9-3-10-18-35)39-29-42-30-43(39)41(37-19-11-4-12-20-37)38-27-23-34(24-28-38)32-15-7-2-8-16-32/h1-30,40-41H. The number of nitrogens with zero attached hydrogens (tertiary/aromatic N) is 2. The van der Waals surface area contributed by atoms with E-state index in [1.54, 1.807) is 0 Å². The molecule has 2 atom stereocenters. The van der Waals surface area contributed by atoms with E-state index in [2.05, 4.69) is 174 Å². The number of rotatable bonds is 8. The average molecular weight is 553 g/mol. The highest BCUT2D eigenvalue weighted by atomic mass is 15.1. The van der Waals surface area contributed by atoms with Gasteiger partial charge in [0, 0.05) is 6.20 Å². The molecule has 2 unspecified atom stereocenters. The van der Waals surface area contributed by atoms with Gasteiger partial charge in [0.15, 0.2) is 0 Å². The molecule has 7 rings (SSSR count). The molecular formula is C41H32N2. The Bertz CT molecular complexity index is 1730. The molecule has 0 saturated carbocycles. The van der Waals surface area contributed by atoms with Crippen molar-refractivity contribution in [2.24, 2.45) is 0 Å². The van der Waals surface area contributed by atoms with E-state index in [0.717, 1.165) is 5.69 Å². The predicted octanol–water partition coefficient (Wildman–Crippen LogP) is 10.0. The lowest BCUT2D eigenvalue weighted by molar-refractivity contribution is 0.634. The average Bonchev–Trinajstić information content (AvgIpc) is 3.56. The van der Waals surface area contributed by atoms with Crippen LogP contribution in [-0.4, -0.2) is 9.55 Å². The van der Waals surface area contributed by atoms with Crippen LogP contribution in [0.2, 0.25) is 0 Å². The van der Waals surface area contributed by atoms with Crippen molar-refractivity contribution in [1.29, 1.82) is 0 Å². The van der Waals surface area contributed by atoms with Crippen LogP contribution in [-0.2, 0) is 0 Å². The summed E-state index contributed by atoms with van der Waals surface area (Å²) in [4.78, 5) is 4.76. The first kappa shape index (κ1) is 26.4. The van der Waals surface area contributed by atoms with Gasteiger partial charge in [-0.3, -0.25) is 0 Å². The first-order chi connectivity index (χ1) is 21.3. The van der Waals surface area contributed by atoms with Gasteiger partial charge in [0.05, 0.1) is 24.0 Å². The van der Waals surface area contributed by atoms with Crippen LogP contribution in [0, 0.1) is 0 Å². The molecular weight excluding hydrogens is 520 g/mol. The Kier molecular flexibility index (Phi) is 7.49. The third-order valence-corrected chi connectivity index (χ3v) is 8.20. The molecule has 0 radical (unpaired) electrons. The van der Waals surface area contributed by atoms with Gasteiger partial charge in [-0.15, -0.1) is 0 Å². The quantitative estimate of drug-likeness (QED) is 0.183.